The van der Waals surface area contributed by atoms with Gasteiger partial charge in [0.15, 0.2) is 11.6 Å². The van der Waals surface area contributed by atoms with Crippen LogP contribution in [0.5, 0.6) is 5.75 Å². The molecule has 2 rings (SSSR count). The maximum atomic E-state index is 12.6. The lowest BCUT2D eigenvalue weighted by atomic mass is 9.71. The minimum atomic E-state index is -2.23. The zero-order valence-corrected chi connectivity index (χ0v) is 18.3. The number of phenols is 1. The summed E-state index contributed by atoms with van der Waals surface area (Å²) in [5, 5.41) is 39.9. The Morgan fingerprint density at radius 3 is 2.31 bits per heavy atom. The third-order valence-electron chi connectivity index (χ3n) is 5.60. The number of phenolic OH excluding ortho intramolecular Hbond substituents is 1. The van der Waals surface area contributed by atoms with Gasteiger partial charge in [0.25, 0.3) is 0 Å². The molecule has 0 heterocycles. The molecule has 0 saturated heterocycles. The number of ketones is 2. The van der Waals surface area contributed by atoms with Crippen LogP contribution in [0.25, 0.3) is 0 Å². The molecule has 2 unspecified atom stereocenters. The van der Waals surface area contributed by atoms with Crippen molar-refractivity contribution in [3.8, 4) is 5.75 Å². The third-order valence-corrected chi connectivity index (χ3v) is 5.60. The molecule has 182 valence electrons. The summed E-state index contributed by atoms with van der Waals surface area (Å²) in [7, 11) is 0. The van der Waals surface area contributed by atoms with E-state index in [4.69, 9.17) is 5.73 Å². The number of aliphatic hydroxyl groups is 3. The SMILES string of the molecule is CC(N)=O.Cc1ccc(O)c2c1CC(CC(CCO)[C@](O)(CO)C(=O)CC(N)=O)CC2=O.[HH].[HH]. The van der Waals surface area contributed by atoms with E-state index in [1.54, 1.807) is 6.07 Å². The summed E-state index contributed by atoms with van der Waals surface area (Å²) in [5.41, 5.74) is 9.16. The lowest BCUT2D eigenvalue weighted by molar-refractivity contribution is -0.153. The monoisotopic (exact) mass is 456 g/mol. The van der Waals surface area contributed by atoms with Crippen molar-refractivity contribution in [2.24, 2.45) is 23.3 Å². The smallest absolute Gasteiger partial charge is 0.224 e. The minimum Gasteiger partial charge on any atom is -0.507 e. The fourth-order valence-electron chi connectivity index (χ4n) is 4.07. The molecule has 8 N–H and O–H groups in total. The summed E-state index contributed by atoms with van der Waals surface area (Å²) >= 11 is 0. The highest BCUT2D eigenvalue weighted by Gasteiger charge is 2.44. The van der Waals surface area contributed by atoms with Crippen molar-refractivity contribution < 1.29 is 42.5 Å². The number of amides is 2. The standard InChI is InChI=1S/C20H27NO7.C2H5NO.2H2/c1-11-2-3-15(24)19-14(11)7-12(8-16(19)25)6-13(4-5-22)20(28,10-23)17(26)9-18(21)27;1-2(3)4;;/h2-3,12-13,22-24,28H,4-10H2,1H3,(H2,21,27);1H3,(H2,3,4);2*1H/t12?,13?,20-;;;/m1.../s1. The number of primary amides is 2. The van der Waals surface area contributed by atoms with E-state index < -0.39 is 36.2 Å². The quantitative estimate of drug-likeness (QED) is 0.278. The second-order valence-electron chi connectivity index (χ2n) is 8.16. The van der Waals surface area contributed by atoms with Crippen LogP contribution >= 0.6 is 0 Å². The molecule has 3 atom stereocenters. The average molecular weight is 457 g/mol. The molecule has 0 radical (unpaired) electrons. The molecule has 0 spiro atoms. The van der Waals surface area contributed by atoms with Gasteiger partial charge >= 0.3 is 0 Å². The number of aliphatic hydroxyl groups excluding tert-OH is 2. The number of carbonyl (C=O) groups excluding carboxylic acids is 4. The van der Waals surface area contributed by atoms with E-state index in [0.29, 0.717) is 12.0 Å². The molecule has 32 heavy (non-hydrogen) atoms. The Labute approximate surface area is 189 Å². The predicted molar refractivity (Wildman–Crippen MR) is 119 cm³/mol. The van der Waals surface area contributed by atoms with Gasteiger partial charge in [0.05, 0.1) is 18.6 Å². The lowest BCUT2D eigenvalue weighted by Gasteiger charge is -2.36. The number of carbonyl (C=O) groups is 4. The number of rotatable bonds is 9. The third kappa shape index (κ3) is 6.84. The Morgan fingerprint density at radius 2 is 1.81 bits per heavy atom. The van der Waals surface area contributed by atoms with Gasteiger partial charge in [0.1, 0.15) is 11.4 Å². The van der Waals surface area contributed by atoms with Gasteiger partial charge < -0.3 is 31.9 Å². The molecule has 1 aromatic carbocycles. The Kier molecular flexibility index (Phi) is 9.95. The molecule has 10 nitrogen and oxygen atoms in total. The number of fused-ring (bicyclic) bond motifs is 1. The zero-order chi connectivity index (χ0) is 24.6. The maximum absolute atomic E-state index is 12.6. The first-order chi connectivity index (χ1) is 14.9. The van der Waals surface area contributed by atoms with Gasteiger partial charge in [0, 0.05) is 22.8 Å². The number of nitrogens with two attached hydrogens (primary N) is 2. The molecule has 2 amide bonds. The maximum Gasteiger partial charge on any atom is 0.224 e. The number of hydrogen-bond acceptors (Lipinski definition) is 8. The highest BCUT2D eigenvalue weighted by Crippen LogP contribution is 2.38. The summed E-state index contributed by atoms with van der Waals surface area (Å²) in [4.78, 5) is 45.2. The van der Waals surface area contributed by atoms with E-state index in [9.17, 15) is 39.6 Å². The van der Waals surface area contributed by atoms with E-state index in [1.807, 2.05) is 6.92 Å². The van der Waals surface area contributed by atoms with Crippen molar-refractivity contribution in [2.45, 2.75) is 51.6 Å². The largest absolute Gasteiger partial charge is 0.507 e. The molecule has 1 aliphatic carbocycles. The molecule has 0 bridgehead atoms. The van der Waals surface area contributed by atoms with Crippen LogP contribution in [0.1, 0.15) is 56.9 Å². The summed E-state index contributed by atoms with van der Waals surface area (Å²) in [5.74, 6) is -3.57. The van der Waals surface area contributed by atoms with Gasteiger partial charge in [0.2, 0.25) is 11.8 Å². The summed E-state index contributed by atoms with van der Waals surface area (Å²) < 4.78 is 0. The number of benzene rings is 1. The first-order valence-corrected chi connectivity index (χ1v) is 10.2. The van der Waals surface area contributed by atoms with E-state index in [0.717, 1.165) is 11.1 Å². The number of Topliss-reactive ketones (excluding diaryl/α,β-unsaturated/α-hetero) is 2. The van der Waals surface area contributed by atoms with Crippen molar-refractivity contribution in [3.05, 3.63) is 28.8 Å². The van der Waals surface area contributed by atoms with Crippen LogP contribution in [0.2, 0.25) is 0 Å². The van der Waals surface area contributed by atoms with Gasteiger partial charge in [-0.05, 0) is 55.2 Å². The van der Waals surface area contributed by atoms with Crippen LogP contribution in [0.15, 0.2) is 12.1 Å². The number of aromatic hydroxyl groups is 1. The second-order valence-corrected chi connectivity index (χ2v) is 8.16. The van der Waals surface area contributed by atoms with E-state index in [2.05, 4.69) is 5.73 Å². The molecule has 1 aromatic rings. The summed E-state index contributed by atoms with van der Waals surface area (Å²) in [6.45, 7) is 1.88. The minimum absolute atomic E-state index is 0. The molecule has 0 aromatic heterocycles. The normalized spacial score (nSPS) is 17.9. The van der Waals surface area contributed by atoms with Gasteiger partial charge in [-0.3, -0.25) is 19.2 Å². The fraction of sp³-hybridized carbons (Fsp3) is 0.545. The molecular weight excluding hydrogens is 420 g/mol. The van der Waals surface area contributed by atoms with Crippen molar-refractivity contribution in [2.75, 3.05) is 13.2 Å². The molecule has 0 fully saturated rings. The van der Waals surface area contributed by atoms with E-state index in [-0.39, 0.29) is 52.1 Å². The summed E-state index contributed by atoms with van der Waals surface area (Å²) in [6.07, 6.45) is 0.0329. The predicted octanol–water partition coefficient (Wildman–Crippen LogP) is -0.0141. The molecular formula is C22H36N2O8. The highest BCUT2D eigenvalue weighted by molar-refractivity contribution is 6.02. The van der Waals surface area contributed by atoms with Crippen molar-refractivity contribution in [1.82, 2.24) is 0 Å². The number of aryl methyl sites for hydroxylation is 1. The molecule has 0 aliphatic heterocycles. The average Bonchev–Trinajstić information content (AvgIpc) is 2.68. The van der Waals surface area contributed by atoms with E-state index >= 15 is 0 Å². The van der Waals surface area contributed by atoms with Crippen LogP contribution in [0, 0.1) is 18.8 Å². The number of hydrogen-bond donors (Lipinski definition) is 6. The van der Waals surface area contributed by atoms with Crippen LogP contribution in [-0.4, -0.2) is 62.6 Å². The van der Waals surface area contributed by atoms with Crippen LogP contribution in [0.3, 0.4) is 0 Å². The van der Waals surface area contributed by atoms with Crippen molar-refractivity contribution in [1.29, 1.82) is 0 Å². The second kappa shape index (κ2) is 11.7. The molecule has 0 saturated carbocycles. The Morgan fingerprint density at radius 1 is 1.22 bits per heavy atom. The molecule has 10 heteroatoms. The summed E-state index contributed by atoms with van der Waals surface area (Å²) in [6, 6.07) is 3.20. The van der Waals surface area contributed by atoms with Crippen LogP contribution in [-0.2, 0) is 20.8 Å². The molecule has 1 aliphatic rings. The van der Waals surface area contributed by atoms with Crippen molar-refractivity contribution >= 4 is 23.4 Å². The first-order valence-electron chi connectivity index (χ1n) is 10.2. The Balaban J connectivity index is 0. The van der Waals surface area contributed by atoms with Gasteiger partial charge in [-0.1, -0.05) is 6.07 Å². The van der Waals surface area contributed by atoms with Crippen molar-refractivity contribution in [3.63, 3.8) is 0 Å². The van der Waals surface area contributed by atoms with Gasteiger partial charge in [-0.25, -0.2) is 0 Å². The van der Waals surface area contributed by atoms with Crippen LogP contribution in [0.4, 0.5) is 0 Å². The van der Waals surface area contributed by atoms with Gasteiger partial charge in [-0.2, -0.15) is 0 Å². The lowest BCUT2D eigenvalue weighted by Crippen LogP contribution is -2.51. The topological polar surface area (TPSA) is 201 Å². The Bertz CT molecular complexity index is 877. The van der Waals surface area contributed by atoms with Gasteiger partial charge in [-0.15, -0.1) is 0 Å². The Hall–Kier alpha value is -2.82. The van der Waals surface area contributed by atoms with E-state index in [1.165, 1.54) is 13.0 Å². The van der Waals surface area contributed by atoms with Crippen LogP contribution < -0.4 is 11.5 Å². The fourth-order valence-corrected chi connectivity index (χ4v) is 4.07. The first kappa shape index (κ1) is 27.2. The highest BCUT2D eigenvalue weighted by atomic mass is 16.3. The zero-order valence-electron chi connectivity index (χ0n) is 18.3.